The van der Waals surface area contributed by atoms with Crippen LogP contribution < -0.4 is 10.1 Å². The standard InChI is InChI=1S/C20H20ClN3O/c1-14-3-7-17(8-4-14)25-18-9-5-16(6-10-18)11-12-22-20-19(21)15(2)23-13-24-20/h3-10,13H,11-12H2,1-2H3,(H,22,23,24). The van der Waals surface area contributed by atoms with Gasteiger partial charge in [-0.25, -0.2) is 9.97 Å². The first-order valence-electron chi connectivity index (χ1n) is 8.16. The number of halogens is 1. The summed E-state index contributed by atoms with van der Waals surface area (Å²) in [5, 5.41) is 3.82. The summed E-state index contributed by atoms with van der Waals surface area (Å²) < 4.78 is 5.84. The first-order chi connectivity index (χ1) is 12.1. The number of nitrogens with zero attached hydrogens (tertiary/aromatic N) is 2. The van der Waals surface area contributed by atoms with Gasteiger partial charge in [0.1, 0.15) is 28.7 Å². The lowest BCUT2D eigenvalue weighted by Gasteiger charge is -2.09. The number of aromatic nitrogens is 2. The molecule has 0 aliphatic rings. The zero-order valence-electron chi connectivity index (χ0n) is 14.3. The molecular weight excluding hydrogens is 334 g/mol. The number of nitrogens with one attached hydrogen (secondary N) is 1. The topological polar surface area (TPSA) is 47.0 Å². The van der Waals surface area contributed by atoms with Gasteiger partial charge in [-0.1, -0.05) is 41.4 Å². The molecule has 0 unspecified atom stereocenters. The molecule has 0 spiro atoms. The summed E-state index contributed by atoms with van der Waals surface area (Å²) in [4.78, 5) is 8.22. The third-order valence-electron chi connectivity index (χ3n) is 3.85. The molecule has 1 N–H and O–H groups in total. The van der Waals surface area contributed by atoms with E-state index in [-0.39, 0.29) is 0 Å². The Kier molecular flexibility index (Phi) is 5.51. The minimum absolute atomic E-state index is 0.573. The summed E-state index contributed by atoms with van der Waals surface area (Å²) in [6.07, 6.45) is 2.38. The fraction of sp³-hybridized carbons (Fsp3) is 0.200. The van der Waals surface area contributed by atoms with Gasteiger partial charge in [-0.15, -0.1) is 0 Å². The minimum Gasteiger partial charge on any atom is -0.457 e. The van der Waals surface area contributed by atoms with Crippen LogP contribution in [-0.2, 0) is 6.42 Å². The van der Waals surface area contributed by atoms with E-state index in [1.807, 2.05) is 43.3 Å². The molecule has 0 fully saturated rings. The van der Waals surface area contributed by atoms with E-state index in [2.05, 4.69) is 34.3 Å². The number of rotatable bonds is 6. The number of anilines is 1. The quantitative estimate of drug-likeness (QED) is 0.662. The van der Waals surface area contributed by atoms with E-state index in [0.29, 0.717) is 10.8 Å². The van der Waals surface area contributed by atoms with Gasteiger partial charge in [0.25, 0.3) is 0 Å². The highest BCUT2D eigenvalue weighted by atomic mass is 35.5. The third kappa shape index (κ3) is 4.70. The number of benzene rings is 2. The molecule has 1 aromatic heterocycles. The summed E-state index contributed by atoms with van der Waals surface area (Å²) in [5.41, 5.74) is 3.21. The molecule has 0 amide bonds. The van der Waals surface area contributed by atoms with Gasteiger partial charge < -0.3 is 10.1 Å². The van der Waals surface area contributed by atoms with Gasteiger partial charge >= 0.3 is 0 Å². The zero-order chi connectivity index (χ0) is 17.6. The average molecular weight is 354 g/mol. The predicted octanol–water partition coefficient (Wildman–Crippen LogP) is 5.19. The van der Waals surface area contributed by atoms with Gasteiger partial charge in [0.15, 0.2) is 0 Å². The second-order valence-electron chi connectivity index (χ2n) is 5.86. The van der Waals surface area contributed by atoms with E-state index in [1.54, 1.807) is 0 Å². The molecule has 5 heteroatoms. The Labute approximate surface area is 152 Å². The van der Waals surface area contributed by atoms with E-state index in [1.165, 1.54) is 17.5 Å². The monoisotopic (exact) mass is 353 g/mol. The van der Waals surface area contributed by atoms with E-state index in [0.717, 1.165) is 30.2 Å². The Balaban J connectivity index is 1.54. The van der Waals surface area contributed by atoms with Gasteiger partial charge in [0.05, 0.1) is 5.69 Å². The molecular formula is C20H20ClN3O. The molecule has 0 bridgehead atoms. The predicted molar refractivity (Wildman–Crippen MR) is 102 cm³/mol. The summed E-state index contributed by atoms with van der Waals surface area (Å²) in [6.45, 7) is 4.67. The van der Waals surface area contributed by atoms with Crippen LogP contribution >= 0.6 is 11.6 Å². The zero-order valence-corrected chi connectivity index (χ0v) is 15.0. The molecule has 2 aromatic carbocycles. The van der Waals surface area contributed by atoms with Crippen molar-refractivity contribution in [3.63, 3.8) is 0 Å². The normalized spacial score (nSPS) is 10.5. The van der Waals surface area contributed by atoms with Crippen LogP contribution in [0.1, 0.15) is 16.8 Å². The van der Waals surface area contributed by atoms with Crippen LogP contribution in [0, 0.1) is 13.8 Å². The Morgan fingerprint density at radius 3 is 2.24 bits per heavy atom. The Bertz CT molecular complexity index is 833. The first-order valence-corrected chi connectivity index (χ1v) is 8.54. The van der Waals surface area contributed by atoms with E-state index >= 15 is 0 Å². The lowest BCUT2D eigenvalue weighted by Crippen LogP contribution is -2.07. The average Bonchev–Trinajstić information content (AvgIpc) is 2.62. The van der Waals surface area contributed by atoms with E-state index in [9.17, 15) is 0 Å². The second-order valence-corrected chi connectivity index (χ2v) is 6.24. The maximum Gasteiger partial charge on any atom is 0.148 e. The van der Waals surface area contributed by atoms with Crippen molar-refractivity contribution in [3.05, 3.63) is 76.7 Å². The van der Waals surface area contributed by atoms with Crippen LogP contribution in [0.25, 0.3) is 0 Å². The summed E-state index contributed by atoms with van der Waals surface area (Å²) in [7, 11) is 0. The van der Waals surface area contributed by atoms with Crippen LogP contribution in [-0.4, -0.2) is 16.5 Å². The lowest BCUT2D eigenvalue weighted by molar-refractivity contribution is 0.482. The molecule has 25 heavy (non-hydrogen) atoms. The van der Waals surface area contributed by atoms with Crippen LogP contribution in [0.2, 0.25) is 5.02 Å². The van der Waals surface area contributed by atoms with Gasteiger partial charge in [0, 0.05) is 6.54 Å². The van der Waals surface area contributed by atoms with Crippen molar-refractivity contribution in [2.45, 2.75) is 20.3 Å². The van der Waals surface area contributed by atoms with Crippen molar-refractivity contribution in [3.8, 4) is 11.5 Å². The molecule has 0 atom stereocenters. The largest absolute Gasteiger partial charge is 0.457 e. The molecule has 1 heterocycles. The third-order valence-corrected chi connectivity index (χ3v) is 4.30. The van der Waals surface area contributed by atoms with Crippen LogP contribution in [0.3, 0.4) is 0 Å². The molecule has 0 saturated carbocycles. The molecule has 0 aliphatic carbocycles. The lowest BCUT2D eigenvalue weighted by atomic mass is 10.1. The first kappa shape index (κ1) is 17.2. The van der Waals surface area contributed by atoms with Crippen molar-refractivity contribution in [2.75, 3.05) is 11.9 Å². The SMILES string of the molecule is Cc1ccc(Oc2ccc(CCNc3ncnc(C)c3Cl)cc2)cc1. The fourth-order valence-electron chi connectivity index (χ4n) is 2.37. The Morgan fingerprint density at radius 2 is 1.56 bits per heavy atom. The Morgan fingerprint density at radius 1 is 0.920 bits per heavy atom. The summed E-state index contributed by atoms with van der Waals surface area (Å²) >= 11 is 6.18. The minimum atomic E-state index is 0.573. The number of hydrogen-bond donors (Lipinski definition) is 1. The number of hydrogen-bond acceptors (Lipinski definition) is 4. The smallest absolute Gasteiger partial charge is 0.148 e. The maximum absolute atomic E-state index is 6.18. The van der Waals surface area contributed by atoms with Gasteiger partial charge in [-0.05, 0) is 50.1 Å². The molecule has 128 valence electrons. The molecule has 4 nitrogen and oxygen atoms in total. The van der Waals surface area contributed by atoms with Crippen LogP contribution in [0.4, 0.5) is 5.82 Å². The van der Waals surface area contributed by atoms with Crippen LogP contribution in [0.5, 0.6) is 11.5 Å². The highest BCUT2D eigenvalue weighted by molar-refractivity contribution is 6.33. The van der Waals surface area contributed by atoms with Gasteiger partial charge in [-0.2, -0.15) is 0 Å². The van der Waals surface area contributed by atoms with Crippen molar-refractivity contribution >= 4 is 17.4 Å². The number of aryl methyl sites for hydroxylation is 2. The van der Waals surface area contributed by atoms with E-state index in [4.69, 9.17) is 16.3 Å². The molecule has 0 saturated heterocycles. The molecule has 0 radical (unpaired) electrons. The fourth-order valence-corrected chi connectivity index (χ4v) is 2.54. The second kappa shape index (κ2) is 7.99. The van der Waals surface area contributed by atoms with Crippen molar-refractivity contribution in [1.29, 1.82) is 0 Å². The van der Waals surface area contributed by atoms with Gasteiger partial charge in [-0.3, -0.25) is 0 Å². The van der Waals surface area contributed by atoms with E-state index < -0.39 is 0 Å². The van der Waals surface area contributed by atoms with Crippen molar-refractivity contribution in [1.82, 2.24) is 9.97 Å². The molecule has 3 aromatic rings. The highest BCUT2D eigenvalue weighted by Crippen LogP contribution is 2.23. The van der Waals surface area contributed by atoms with Crippen molar-refractivity contribution in [2.24, 2.45) is 0 Å². The molecule has 0 aliphatic heterocycles. The summed E-state index contributed by atoms with van der Waals surface area (Å²) in [5.74, 6) is 2.34. The summed E-state index contributed by atoms with van der Waals surface area (Å²) in [6, 6.07) is 16.1. The number of ether oxygens (including phenoxy) is 1. The Hall–Kier alpha value is -2.59. The maximum atomic E-state index is 6.18. The molecule has 3 rings (SSSR count). The van der Waals surface area contributed by atoms with Gasteiger partial charge in [0.2, 0.25) is 0 Å². The highest BCUT2D eigenvalue weighted by Gasteiger charge is 2.05. The van der Waals surface area contributed by atoms with Crippen LogP contribution in [0.15, 0.2) is 54.9 Å². The van der Waals surface area contributed by atoms with Crippen molar-refractivity contribution < 1.29 is 4.74 Å².